The van der Waals surface area contributed by atoms with Gasteiger partial charge in [-0.25, -0.2) is 0 Å². The van der Waals surface area contributed by atoms with Gasteiger partial charge in [-0.1, -0.05) is 0 Å². The highest BCUT2D eigenvalue weighted by Crippen LogP contribution is 2.12. The van der Waals surface area contributed by atoms with Gasteiger partial charge in [-0.2, -0.15) is 0 Å². The Bertz CT molecular complexity index is 112. The molecule has 1 atom stereocenters. The van der Waals surface area contributed by atoms with Crippen LogP contribution in [0.15, 0.2) is 0 Å². The first-order valence-corrected chi connectivity index (χ1v) is 3.33. The number of nitrogens with one attached hydrogen (secondary N) is 1. The lowest BCUT2D eigenvalue weighted by Crippen LogP contribution is -2.44. The van der Waals surface area contributed by atoms with E-state index in [0.717, 1.165) is 0 Å². The van der Waals surface area contributed by atoms with Gasteiger partial charge in [0.25, 0.3) is 6.47 Å². The van der Waals surface area contributed by atoms with Crippen molar-refractivity contribution < 1.29 is 9.53 Å². The zero-order chi connectivity index (χ0) is 8.20. The second-order valence-electron chi connectivity index (χ2n) is 2.83. The maximum Gasteiger partial charge on any atom is 0.293 e. The van der Waals surface area contributed by atoms with Crippen LogP contribution in [0.4, 0.5) is 0 Å². The largest absolute Gasteiger partial charge is 0.460 e. The SMILES string of the molecule is CN[C@H](C)C(C)(C)OC=O. The summed E-state index contributed by atoms with van der Waals surface area (Å²) in [5.41, 5.74) is -0.420. The Morgan fingerprint density at radius 1 is 1.60 bits per heavy atom. The number of hydrogen-bond acceptors (Lipinski definition) is 3. The van der Waals surface area contributed by atoms with Crippen LogP contribution in [0, 0.1) is 0 Å². The normalized spacial score (nSPS) is 14.4. The van der Waals surface area contributed by atoms with Crippen LogP contribution in [0.3, 0.4) is 0 Å². The average Bonchev–Trinajstić information content (AvgIpc) is 1.86. The number of likely N-dealkylation sites (N-methyl/N-ethyl adjacent to an activating group) is 1. The van der Waals surface area contributed by atoms with Gasteiger partial charge in [0.1, 0.15) is 5.60 Å². The molecule has 0 aliphatic carbocycles. The van der Waals surface area contributed by atoms with Gasteiger partial charge in [0.2, 0.25) is 0 Å². The third kappa shape index (κ3) is 2.35. The predicted molar refractivity (Wildman–Crippen MR) is 39.7 cm³/mol. The van der Waals surface area contributed by atoms with Gasteiger partial charge in [-0.05, 0) is 27.8 Å². The van der Waals surface area contributed by atoms with E-state index >= 15 is 0 Å². The molecular weight excluding hydrogens is 130 g/mol. The standard InChI is InChI=1S/C7H15NO2/c1-6(8-4)7(2,3)10-5-9/h5-6,8H,1-4H3/t6-/m1/s1. The predicted octanol–water partition coefficient (Wildman–Crippen LogP) is 0.546. The van der Waals surface area contributed by atoms with Crippen LogP contribution >= 0.6 is 0 Å². The fourth-order valence-electron chi connectivity index (χ4n) is 0.574. The van der Waals surface area contributed by atoms with E-state index in [0.29, 0.717) is 6.47 Å². The topological polar surface area (TPSA) is 38.3 Å². The van der Waals surface area contributed by atoms with Crippen LogP contribution in [0.2, 0.25) is 0 Å². The van der Waals surface area contributed by atoms with Crippen LogP contribution in [-0.4, -0.2) is 25.2 Å². The van der Waals surface area contributed by atoms with Crippen molar-refractivity contribution in [3.05, 3.63) is 0 Å². The Morgan fingerprint density at radius 2 is 2.10 bits per heavy atom. The summed E-state index contributed by atoms with van der Waals surface area (Å²) in [5.74, 6) is 0. The molecule has 0 heterocycles. The number of carbonyl (C=O) groups excluding carboxylic acids is 1. The Labute approximate surface area is 61.8 Å². The van der Waals surface area contributed by atoms with Crippen molar-refractivity contribution in [1.29, 1.82) is 0 Å². The summed E-state index contributed by atoms with van der Waals surface area (Å²) in [6.45, 7) is 6.17. The summed E-state index contributed by atoms with van der Waals surface area (Å²) in [6.07, 6.45) is 0. The third-order valence-corrected chi connectivity index (χ3v) is 1.83. The highest BCUT2D eigenvalue weighted by Gasteiger charge is 2.25. The molecule has 60 valence electrons. The molecule has 1 N–H and O–H groups in total. The first-order valence-electron chi connectivity index (χ1n) is 3.33. The minimum Gasteiger partial charge on any atom is -0.460 e. The minimum atomic E-state index is -0.420. The molecule has 0 amide bonds. The van der Waals surface area contributed by atoms with Crippen molar-refractivity contribution in [3.8, 4) is 0 Å². The summed E-state index contributed by atoms with van der Waals surface area (Å²) in [6, 6.07) is 0.165. The van der Waals surface area contributed by atoms with Gasteiger partial charge in [-0.15, -0.1) is 0 Å². The lowest BCUT2D eigenvalue weighted by molar-refractivity contribution is -0.142. The van der Waals surface area contributed by atoms with E-state index < -0.39 is 5.60 Å². The summed E-state index contributed by atoms with van der Waals surface area (Å²) >= 11 is 0. The molecule has 3 heteroatoms. The summed E-state index contributed by atoms with van der Waals surface area (Å²) in [4.78, 5) is 9.99. The summed E-state index contributed by atoms with van der Waals surface area (Å²) in [7, 11) is 1.83. The lowest BCUT2D eigenvalue weighted by atomic mass is 10.0. The number of hydrogen-bond donors (Lipinski definition) is 1. The van der Waals surface area contributed by atoms with Crippen LogP contribution in [0.1, 0.15) is 20.8 Å². The maximum absolute atomic E-state index is 9.99. The monoisotopic (exact) mass is 145 g/mol. The summed E-state index contributed by atoms with van der Waals surface area (Å²) in [5, 5.41) is 3.01. The Hall–Kier alpha value is -0.570. The maximum atomic E-state index is 9.99. The van der Waals surface area contributed by atoms with E-state index in [1.54, 1.807) is 0 Å². The van der Waals surface area contributed by atoms with Crippen molar-refractivity contribution in [1.82, 2.24) is 5.32 Å². The number of rotatable bonds is 4. The molecule has 0 spiro atoms. The fraction of sp³-hybridized carbons (Fsp3) is 0.857. The molecule has 0 rings (SSSR count). The van der Waals surface area contributed by atoms with Crippen LogP contribution < -0.4 is 5.32 Å². The Balaban J connectivity index is 3.94. The van der Waals surface area contributed by atoms with Crippen molar-refractivity contribution in [2.24, 2.45) is 0 Å². The zero-order valence-corrected chi connectivity index (χ0v) is 6.97. The first kappa shape index (κ1) is 9.43. The molecule has 0 fully saturated rings. The van der Waals surface area contributed by atoms with Crippen LogP contribution in [0.5, 0.6) is 0 Å². The van der Waals surface area contributed by atoms with E-state index in [-0.39, 0.29) is 6.04 Å². The van der Waals surface area contributed by atoms with Gasteiger partial charge in [0.15, 0.2) is 0 Å². The van der Waals surface area contributed by atoms with Gasteiger partial charge < -0.3 is 10.1 Å². The minimum absolute atomic E-state index is 0.165. The van der Waals surface area contributed by atoms with E-state index in [2.05, 4.69) is 5.32 Å². The molecule has 0 unspecified atom stereocenters. The molecule has 10 heavy (non-hydrogen) atoms. The quantitative estimate of drug-likeness (QED) is 0.587. The Kier molecular flexibility index (Phi) is 3.36. The second kappa shape index (κ2) is 3.56. The highest BCUT2D eigenvalue weighted by molar-refractivity contribution is 5.38. The summed E-state index contributed by atoms with van der Waals surface area (Å²) < 4.78 is 4.84. The first-order chi connectivity index (χ1) is 4.54. The molecule has 0 bridgehead atoms. The van der Waals surface area contributed by atoms with Gasteiger partial charge in [0, 0.05) is 6.04 Å². The lowest BCUT2D eigenvalue weighted by Gasteiger charge is -2.29. The molecule has 0 saturated carbocycles. The molecule has 0 aromatic carbocycles. The second-order valence-corrected chi connectivity index (χ2v) is 2.83. The van der Waals surface area contributed by atoms with Gasteiger partial charge >= 0.3 is 0 Å². The molecule has 0 aliphatic heterocycles. The van der Waals surface area contributed by atoms with Crippen LogP contribution in [0.25, 0.3) is 0 Å². The van der Waals surface area contributed by atoms with Crippen molar-refractivity contribution >= 4 is 6.47 Å². The third-order valence-electron chi connectivity index (χ3n) is 1.83. The number of ether oxygens (including phenoxy) is 1. The molecule has 0 radical (unpaired) electrons. The van der Waals surface area contributed by atoms with Crippen LogP contribution in [-0.2, 0) is 9.53 Å². The smallest absolute Gasteiger partial charge is 0.293 e. The fourth-order valence-corrected chi connectivity index (χ4v) is 0.574. The van der Waals surface area contributed by atoms with Crippen molar-refractivity contribution in [3.63, 3.8) is 0 Å². The zero-order valence-electron chi connectivity index (χ0n) is 6.97. The average molecular weight is 145 g/mol. The van der Waals surface area contributed by atoms with Crippen molar-refractivity contribution in [2.45, 2.75) is 32.4 Å². The van der Waals surface area contributed by atoms with Gasteiger partial charge in [-0.3, -0.25) is 4.79 Å². The van der Waals surface area contributed by atoms with E-state index in [4.69, 9.17) is 4.74 Å². The van der Waals surface area contributed by atoms with E-state index in [1.807, 2.05) is 27.8 Å². The highest BCUT2D eigenvalue weighted by atomic mass is 16.5. The molecule has 3 nitrogen and oxygen atoms in total. The van der Waals surface area contributed by atoms with Crippen molar-refractivity contribution in [2.75, 3.05) is 7.05 Å². The molecular formula is C7H15NO2. The number of carbonyl (C=O) groups is 1. The van der Waals surface area contributed by atoms with E-state index in [9.17, 15) is 4.79 Å². The Morgan fingerprint density at radius 3 is 2.40 bits per heavy atom. The van der Waals surface area contributed by atoms with Gasteiger partial charge in [0.05, 0.1) is 0 Å². The molecule has 0 aromatic heterocycles. The molecule has 0 saturated heterocycles. The molecule has 0 aliphatic rings. The van der Waals surface area contributed by atoms with E-state index in [1.165, 1.54) is 0 Å². The molecule has 0 aromatic rings.